The summed E-state index contributed by atoms with van der Waals surface area (Å²) < 4.78 is 12.5. The van der Waals surface area contributed by atoms with E-state index in [4.69, 9.17) is 0 Å². The average molecular weight is 132 g/mol. The molecule has 1 saturated heterocycles. The summed E-state index contributed by atoms with van der Waals surface area (Å²) in [5.41, 5.74) is 0. The molecule has 0 aromatic rings. The molecule has 1 heterocycles. The molecule has 0 radical (unpaired) electrons. The number of hydrogen-bond acceptors (Lipinski definition) is 2. The smallest absolute Gasteiger partial charge is 0.114 e. The maximum Gasteiger partial charge on any atom is 0.114 e. The van der Waals surface area contributed by atoms with Crippen LogP contribution in [0.4, 0.5) is 4.39 Å². The van der Waals surface area contributed by atoms with E-state index in [0.29, 0.717) is 19.0 Å². The predicted molar refractivity (Wildman–Crippen MR) is 35.2 cm³/mol. The monoisotopic (exact) mass is 132 g/mol. The molecule has 0 bridgehead atoms. The van der Waals surface area contributed by atoms with Gasteiger partial charge in [-0.25, -0.2) is 4.39 Å². The lowest BCUT2D eigenvalue weighted by molar-refractivity contribution is 0.234. The fourth-order valence-corrected chi connectivity index (χ4v) is 1.11. The average Bonchev–Trinajstić information content (AvgIpc) is 1.88. The maximum absolute atomic E-state index is 12.5. The summed E-state index contributed by atoms with van der Waals surface area (Å²) in [4.78, 5) is 0. The van der Waals surface area contributed by atoms with Gasteiger partial charge >= 0.3 is 0 Å². The van der Waals surface area contributed by atoms with Gasteiger partial charge in [-0.3, -0.25) is 0 Å². The molecule has 0 aromatic carbocycles. The molecule has 0 aliphatic carbocycles. The minimum atomic E-state index is -0.656. The zero-order valence-electron chi connectivity index (χ0n) is 5.65. The van der Waals surface area contributed by atoms with Crippen molar-refractivity contribution in [1.82, 2.24) is 10.6 Å². The van der Waals surface area contributed by atoms with Crippen molar-refractivity contribution >= 4 is 0 Å². The van der Waals surface area contributed by atoms with Crippen LogP contribution < -0.4 is 10.6 Å². The van der Waals surface area contributed by atoms with Crippen LogP contribution >= 0.6 is 0 Å². The van der Waals surface area contributed by atoms with Gasteiger partial charge in [0.05, 0.1) is 0 Å². The van der Waals surface area contributed by atoms with Gasteiger partial charge in [-0.2, -0.15) is 0 Å². The van der Waals surface area contributed by atoms with Crippen LogP contribution in [0.1, 0.15) is 6.42 Å². The fourth-order valence-electron chi connectivity index (χ4n) is 1.11. The zero-order chi connectivity index (χ0) is 6.69. The molecule has 9 heavy (non-hydrogen) atoms. The number of halogens is 1. The summed E-state index contributed by atoms with van der Waals surface area (Å²) >= 11 is 0. The molecule has 0 saturated carbocycles. The third-order valence-electron chi connectivity index (χ3n) is 1.71. The number of hydrogen-bond donors (Lipinski definition) is 2. The maximum atomic E-state index is 12.5. The highest BCUT2D eigenvalue weighted by atomic mass is 19.1. The summed E-state index contributed by atoms with van der Waals surface area (Å²) in [6.07, 6.45) is -0.0000463. The van der Waals surface area contributed by atoms with Crippen molar-refractivity contribution in [3.8, 4) is 0 Å². The van der Waals surface area contributed by atoms with Crippen LogP contribution in [-0.2, 0) is 0 Å². The van der Waals surface area contributed by atoms with E-state index in [0.717, 1.165) is 6.54 Å². The molecule has 0 aromatic heterocycles. The summed E-state index contributed by atoms with van der Waals surface area (Å²) in [6, 6.07) is 0.328. The predicted octanol–water partition coefficient (Wildman–Crippen LogP) is -0.0942. The molecule has 2 atom stereocenters. The second-order valence-electron chi connectivity index (χ2n) is 2.48. The molecule has 3 heteroatoms. The van der Waals surface area contributed by atoms with Crippen LogP contribution in [0.5, 0.6) is 0 Å². The van der Waals surface area contributed by atoms with Crippen LogP contribution in [0, 0.1) is 0 Å². The summed E-state index contributed by atoms with van der Waals surface area (Å²) in [5, 5.41) is 6.03. The third kappa shape index (κ3) is 1.91. The van der Waals surface area contributed by atoms with Gasteiger partial charge in [0.1, 0.15) is 6.17 Å². The van der Waals surface area contributed by atoms with Crippen LogP contribution in [0.3, 0.4) is 0 Å². The van der Waals surface area contributed by atoms with Gasteiger partial charge in [0.2, 0.25) is 0 Å². The molecular weight excluding hydrogens is 119 g/mol. The Balaban J connectivity index is 2.23. The molecule has 0 spiro atoms. The number of alkyl halides is 1. The van der Waals surface area contributed by atoms with Crippen molar-refractivity contribution < 1.29 is 4.39 Å². The number of likely N-dealkylation sites (N-methyl/N-ethyl adjacent to an activating group) is 1. The van der Waals surface area contributed by atoms with Crippen LogP contribution in [0.25, 0.3) is 0 Å². The Bertz CT molecular complexity index is 87.1. The first-order valence-corrected chi connectivity index (χ1v) is 3.35. The van der Waals surface area contributed by atoms with E-state index in [1.807, 2.05) is 7.05 Å². The van der Waals surface area contributed by atoms with Crippen molar-refractivity contribution in [3.63, 3.8) is 0 Å². The van der Waals surface area contributed by atoms with Gasteiger partial charge in [-0.15, -0.1) is 0 Å². The van der Waals surface area contributed by atoms with Crippen LogP contribution in [0.15, 0.2) is 0 Å². The van der Waals surface area contributed by atoms with Crippen molar-refractivity contribution in [3.05, 3.63) is 0 Å². The Morgan fingerprint density at radius 2 is 2.33 bits per heavy atom. The molecule has 0 unspecified atom stereocenters. The molecule has 1 rings (SSSR count). The normalized spacial score (nSPS) is 36.7. The number of rotatable bonds is 1. The Morgan fingerprint density at radius 3 is 2.78 bits per heavy atom. The molecule has 1 fully saturated rings. The van der Waals surface area contributed by atoms with Crippen molar-refractivity contribution in [1.29, 1.82) is 0 Å². The molecule has 2 nitrogen and oxygen atoms in total. The van der Waals surface area contributed by atoms with Crippen molar-refractivity contribution in [2.24, 2.45) is 0 Å². The Morgan fingerprint density at radius 1 is 1.56 bits per heavy atom. The first-order chi connectivity index (χ1) is 4.33. The lowest BCUT2D eigenvalue weighted by Crippen LogP contribution is -2.46. The lowest BCUT2D eigenvalue weighted by atomic mass is 10.1. The molecule has 2 N–H and O–H groups in total. The van der Waals surface area contributed by atoms with E-state index in [1.54, 1.807) is 0 Å². The van der Waals surface area contributed by atoms with Crippen LogP contribution in [-0.4, -0.2) is 32.4 Å². The highest BCUT2D eigenvalue weighted by molar-refractivity contribution is 4.79. The second kappa shape index (κ2) is 3.13. The molecule has 0 amide bonds. The van der Waals surface area contributed by atoms with Gasteiger partial charge in [-0.1, -0.05) is 0 Å². The van der Waals surface area contributed by atoms with Crippen LogP contribution in [0.2, 0.25) is 0 Å². The van der Waals surface area contributed by atoms with Crippen molar-refractivity contribution in [2.45, 2.75) is 18.6 Å². The molecule has 1 aliphatic heterocycles. The van der Waals surface area contributed by atoms with Crippen molar-refractivity contribution in [2.75, 3.05) is 20.1 Å². The second-order valence-corrected chi connectivity index (χ2v) is 2.48. The van der Waals surface area contributed by atoms with E-state index in [-0.39, 0.29) is 0 Å². The minimum Gasteiger partial charge on any atom is -0.316 e. The van der Waals surface area contributed by atoms with E-state index in [9.17, 15) is 4.39 Å². The Labute approximate surface area is 54.8 Å². The van der Waals surface area contributed by atoms with Gasteiger partial charge in [0.15, 0.2) is 0 Å². The highest BCUT2D eigenvalue weighted by Gasteiger charge is 2.18. The van der Waals surface area contributed by atoms with E-state index in [1.165, 1.54) is 0 Å². The Hall–Kier alpha value is -0.150. The Kier molecular flexibility index (Phi) is 2.42. The minimum absolute atomic E-state index is 0.328. The first kappa shape index (κ1) is 6.96. The topological polar surface area (TPSA) is 24.1 Å². The van der Waals surface area contributed by atoms with Gasteiger partial charge in [-0.05, 0) is 13.5 Å². The summed E-state index contributed by atoms with van der Waals surface area (Å²) in [5.74, 6) is 0. The van der Waals surface area contributed by atoms with E-state index < -0.39 is 6.17 Å². The molecule has 1 aliphatic rings. The van der Waals surface area contributed by atoms with E-state index in [2.05, 4.69) is 10.6 Å². The quantitative estimate of drug-likeness (QED) is 0.521. The van der Waals surface area contributed by atoms with E-state index >= 15 is 0 Å². The van der Waals surface area contributed by atoms with Gasteiger partial charge in [0, 0.05) is 19.1 Å². The number of nitrogens with one attached hydrogen (secondary N) is 2. The largest absolute Gasteiger partial charge is 0.316 e. The third-order valence-corrected chi connectivity index (χ3v) is 1.71. The van der Waals surface area contributed by atoms with Gasteiger partial charge in [0.25, 0.3) is 0 Å². The standard InChI is InChI=1S/C6H13FN2/c1-8-6-2-5(7)3-9-4-6/h5-6,8-9H,2-4H2,1H3/t5-,6-/m0/s1. The van der Waals surface area contributed by atoms with Gasteiger partial charge < -0.3 is 10.6 Å². The fraction of sp³-hybridized carbons (Fsp3) is 1.00. The number of piperidine rings is 1. The summed E-state index contributed by atoms with van der Waals surface area (Å²) in [7, 11) is 1.87. The summed E-state index contributed by atoms with van der Waals surface area (Å²) in [6.45, 7) is 1.43. The molecular formula is C6H13FN2. The highest BCUT2D eigenvalue weighted by Crippen LogP contribution is 2.05. The SMILES string of the molecule is CN[C@@H]1CNC[C@@H](F)C1. The lowest BCUT2D eigenvalue weighted by Gasteiger charge is -2.24. The first-order valence-electron chi connectivity index (χ1n) is 3.35. The molecule has 54 valence electrons. The zero-order valence-corrected chi connectivity index (χ0v) is 5.65.